The second-order valence-electron chi connectivity index (χ2n) is 7.40. The number of carbonyl (C=O) groups is 1. The fraction of sp³-hybridized carbons (Fsp3) is 0.400. The van der Waals surface area contributed by atoms with E-state index in [0.717, 1.165) is 21.4 Å². The van der Waals surface area contributed by atoms with E-state index in [1.165, 1.54) is 0 Å². The van der Waals surface area contributed by atoms with E-state index in [1.807, 2.05) is 30.3 Å². The van der Waals surface area contributed by atoms with Crippen molar-refractivity contribution in [2.75, 3.05) is 10.2 Å². The van der Waals surface area contributed by atoms with Gasteiger partial charge in [-0.1, -0.05) is 28.9 Å². The second kappa shape index (κ2) is 6.86. The molecule has 4 nitrogen and oxygen atoms in total. The number of hydrogen-bond donors (Lipinski definition) is 1. The Hall–Kier alpha value is -2.02. The predicted octanol–water partition coefficient (Wildman–Crippen LogP) is 5.51. The highest BCUT2D eigenvalue weighted by Gasteiger charge is 2.43. The first-order chi connectivity index (χ1) is 12.8. The quantitative estimate of drug-likeness (QED) is 0.642. The third-order valence-corrected chi connectivity index (χ3v) is 5.93. The number of halogens is 3. The lowest BCUT2D eigenvalue weighted by molar-refractivity contribution is -0.130. The van der Waals surface area contributed by atoms with Gasteiger partial charge in [-0.2, -0.15) is 0 Å². The van der Waals surface area contributed by atoms with Gasteiger partial charge in [-0.25, -0.2) is 13.8 Å². The molecular weight excluding hydrogens is 416 g/mol. The van der Waals surface area contributed by atoms with Gasteiger partial charge in [0.15, 0.2) is 0 Å². The van der Waals surface area contributed by atoms with Crippen molar-refractivity contribution in [2.45, 2.75) is 38.7 Å². The Balaban J connectivity index is 1.73. The molecule has 1 aromatic carbocycles. The van der Waals surface area contributed by atoms with Crippen molar-refractivity contribution >= 4 is 39.0 Å². The van der Waals surface area contributed by atoms with Crippen LogP contribution < -0.4 is 10.2 Å². The van der Waals surface area contributed by atoms with Crippen LogP contribution in [0, 0.1) is 11.8 Å². The average molecular weight is 436 g/mol. The minimum absolute atomic E-state index is 0.101. The van der Waals surface area contributed by atoms with E-state index in [-0.39, 0.29) is 31.1 Å². The molecule has 27 heavy (non-hydrogen) atoms. The van der Waals surface area contributed by atoms with Gasteiger partial charge >= 0.3 is 0 Å². The normalized spacial score (nSPS) is 23.6. The monoisotopic (exact) mass is 435 g/mol. The summed E-state index contributed by atoms with van der Waals surface area (Å²) in [5.74, 6) is -2.83. The van der Waals surface area contributed by atoms with Gasteiger partial charge in [-0.05, 0) is 36.6 Å². The maximum atomic E-state index is 13.7. The largest absolute Gasteiger partial charge is 0.338 e. The molecule has 0 unspecified atom stereocenters. The number of alkyl halides is 2. The molecule has 0 radical (unpaired) electrons. The van der Waals surface area contributed by atoms with Gasteiger partial charge in [0, 0.05) is 35.0 Å². The summed E-state index contributed by atoms with van der Waals surface area (Å²) in [6, 6.07) is 9.43. The highest BCUT2D eigenvalue weighted by atomic mass is 79.9. The van der Waals surface area contributed by atoms with E-state index >= 15 is 0 Å². The number of benzene rings is 1. The Labute approximate surface area is 165 Å². The Morgan fingerprint density at radius 3 is 2.96 bits per heavy atom. The van der Waals surface area contributed by atoms with Crippen LogP contribution in [0.15, 0.2) is 41.0 Å². The average Bonchev–Trinajstić information content (AvgIpc) is 2.77. The van der Waals surface area contributed by atoms with Crippen molar-refractivity contribution in [3.05, 3.63) is 46.6 Å². The molecule has 1 fully saturated rings. The highest BCUT2D eigenvalue weighted by Crippen LogP contribution is 2.43. The summed E-state index contributed by atoms with van der Waals surface area (Å²) in [6.45, 7) is 2.11. The van der Waals surface area contributed by atoms with Gasteiger partial charge in [-0.15, -0.1) is 0 Å². The number of hydrogen-bond acceptors (Lipinski definition) is 3. The number of nitrogens with zero attached hydrogens (tertiary/aromatic N) is 2. The Morgan fingerprint density at radius 1 is 1.37 bits per heavy atom. The summed E-state index contributed by atoms with van der Waals surface area (Å²) < 4.78 is 28.3. The molecule has 0 saturated heterocycles. The number of aromatic nitrogens is 1. The van der Waals surface area contributed by atoms with Crippen LogP contribution in [0.3, 0.4) is 0 Å². The van der Waals surface area contributed by atoms with Gasteiger partial charge in [0.25, 0.3) is 0 Å². The predicted molar refractivity (Wildman–Crippen MR) is 104 cm³/mol. The van der Waals surface area contributed by atoms with Gasteiger partial charge in [0.05, 0.1) is 17.9 Å². The van der Waals surface area contributed by atoms with Crippen molar-refractivity contribution < 1.29 is 13.6 Å². The van der Waals surface area contributed by atoms with Crippen LogP contribution in [-0.4, -0.2) is 16.8 Å². The van der Waals surface area contributed by atoms with Crippen LogP contribution in [0.4, 0.5) is 26.0 Å². The molecule has 1 aliphatic heterocycles. The number of amides is 1. The molecule has 0 spiro atoms. The highest BCUT2D eigenvalue weighted by molar-refractivity contribution is 9.10. The van der Waals surface area contributed by atoms with E-state index in [2.05, 4.69) is 26.2 Å². The maximum absolute atomic E-state index is 13.7. The summed E-state index contributed by atoms with van der Waals surface area (Å²) >= 11 is 3.47. The van der Waals surface area contributed by atoms with E-state index in [4.69, 9.17) is 0 Å². The lowest BCUT2D eigenvalue weighted by Crippen LogP contribution is -2.42. The standard InChI is InChI=1S/C20H20BrF2N3O/c1-12-10-20(22,23)7-6-15(12)19(27)26-11-13-3-2-8-24-18(13)25-16-5-4-14(21)9-17(16)26/h2-5,8-9,12,15H,6-7,10-11H2,1H3,(H,24,25)/t12-,15-/m1/s1. The third-order valence-electron chi connectivity index (χ3n) is 5.44. The molecule has 2 atom stereocenters. The third kappa shape index (κ3) is 3.57. The van der Waals surface area contributed by atoms with E-state index in [9.17, 15) is 13.6 Å². The first-order valence-electron chi connectivity index (χ1n) is 9.04. The molecule has 1 aromatic heterocycles. The lowest BCUT2D eigenvalue weighted by Gasteiger charge is -2.36. The number of nitrogens with one attached hydrogen (secondary N) is 1. The molecule has 1 saturated carbocycles. The van der Waals surface area contributed by atoms with Crippen LogP contribution in [0.2, 0.25) is 0 Å². The molecular formula is C20H20BrF2N3O. The van der Waals surface area contributed by atoms with Gasteiger partial charge < -0.3 is 10.2 Å². The fourth-order valence-electron chi connectivity index (χ4n) is 4.03. The lowest BCUT2D eigenvalue weighted by atomic mass is 9.77. The number of rotatable bonds is 1. The van der Waals surface area contributed by atoms with E-state index < -0.39 is 11.8 Å². The second-order valence-corrected chi connectivity index (χ2v) is 8.32. The molecule has 2 heterocycles. The van der Waals surface area contributed by atoms with Crippen molar-refractivity contribution in [3.63, 3.8) is 0 Å². The van der Waals surface area contributed by atoms with E-state index in [1.54, 1.807) is 18.0 Å². The Kier molecular flexibility index (Phi) is 4.66. The minimum atomic E-state index is -2.67. The zero-order valence-corrected chi connectivity index (χ0v) is 16.5. The van der Waals surface area contributed by atoms with Gasteiger partial charge in [-0.3, -0.25) is 4.79 Å². The van der Waals surface area contributed by atoms with Crippen LogP contribution in [0.25, 0.3) is 0 Å². The fourth-order valence-corrected chi connectivity index (χ4v) is 4.37. The van der Waals surface area contributed by atoms with Crippen molar-refractivity contribution in [1.82, 2.24) is 4.98 Å². The number of carbonyl (C=O) groups excluding carboxylic acids is 1. The summed E-state index contributed by atoms with van der Waals surface area (Å²) in [4.78, 5) is 19.5. The Bertz CT molecular complexity index is 889. The van der Waals surface area contributed by atoms with Crippen LogP contribution in [0.1, 0.15) is 31.7 Å². The summed E-state index contributed by atoms with van der Waals surface area (Å²) in [5, 5.41) is 3.30. The van der Waals surface area contributed by atoms with Crippen LogP contribution >= 0.6 is 15.9 Å². The first-order valence-corrected chi connectivity index (χ1v) is 9.83. The molecule has 1 N–H and O–H groups in total. The Morgan fingerprint density at radius 2 is 2.19 bits per heavy atom. The van der Waals surface area contributed by atoms with Crippen LogP contribution in [0.5, 0.6) is 0 Å². The smallest absolute Gasteiger partial charge is 0.248 e. The summed E-state index contributed by atoms with van der Waals surface area (Å²) in [6.07, 6.45) is 1.44. The van der Waals surface area contributed by atoms with Gasteiger partial charge in [0.1, 0.15) is 5.82 Å². The molecule has 142 valence electrons. The maximum Gasteiger partial charge on any atom is 0.248 e. The SMILES string of the molecule is C[C@@H]1CC(F)(F)CC[C@H]1C(=O)N1Cc2cccnc2Nc2ccc(Br)cc21. The molecule has 4 rings (SSSR count). The zero-order valence-electron chi connectivity index (χ0n) is 14.9. The molecule has 1 aliphatic carbocycles. The van der Waals surface area contributed by atoms with Crippen molar-refractivity contribution in [3.8, 4) is 0 Å². The van der Waals surface area contributed by atoms with Gasteiger partial charge in [0.2, 0.25) is 11.8 Å². The molecule has 1 amide bonds. The summed E-state index contributed by atoms with van der Waals surface area (Å²) in [5.41, 5.74) is 2.40. The van der Waals surface area contributed by atoms with Crippen molar-refractivity contribution in [1.29, 1.82) is 0 Å². The number of pyridine rings is 1. The van der Waals surface area contributed by atoms with Crippen LogP contribution in [-0.2, 0) is 11.3 Å². The first kappa shape index (κ1) is 18.3. The molecule has 0 bridgehead atoms. The minimum Gasteiger partial charge on any atom is -0.338 e. The topological polar surface area (TPSA) is 45.2 Å². The summed E-state index contributed by atoms with van der Waals surface area (Å²) in [7, 11) is 0. The molecule has 7 heteroatoms. The van der Waals surface area contributed by atoms with E-state index in [0.29, 0.717) is 12.4 Å². The zero-order chi connectivity index (χ0) is 19.2. The van der Waals surface area contributed by atoms with Crippen molar-refractivity contribution in [2.24, 2.45) is 11.8 Å². The number of anilines is 3. The molecule has 2 aromatic rings. The number of fused-ring (bicyclic) bond motifs is 2. The molecule has 2 aliphatic rings.